The van der Waals surface area contributed by atoms with Crippen molar-refractivity contribution in [2.45, 2.75) is 12.2 Å². The molecule has 21 heavy (non-hydrogen) atoms. The molecule has 0 bridgehead atoms. The molecule has 0 aliphatic carbocycles. The fourth-order valence-corrected chi connectivity index (χ4v) is 1.10. The maximum absolute atomic E-state index is 8.90. The number of hydrogen-bond acceptors (Lipinski definition) is 9. The normalized spacial score (nSPS) is 12.2. The van der Waals surface area contributed by atoms with Crippen LogP contribution in [0.25, 0.3) is 0 Å². The molecular formula is C12H2N8O. The van der Waals surface area contributed by atoms with Gasteiger partial charge in [-0.2, -0.15) is 42.1 Å². The first-order chi connectivity index (χ1) is 9.99. The predicted octanol–water partition coefficient (Wildman–Crippen LogP) is -0.0984. The summed E-state index contributed by atoms with van der Waals surface area (Å²) in [4.78, 5) is 0. The first-order valence-electron chi connectivity index (χ1n) is 4.91. The molecule has 0 aliphatic rings. The zero-order valence-electron chi connectivity index (χ0n) is 10.1. The Morgan fingerprint density at radius 2 is 0.762 bits per heavy atom. The fraction of sp³-hybridized carbons (Fsp3) is 0.333. The van der Waals surface area contributed by atoms with Crippen molar-refractivity contribution in [1.82, 2.24) is 0 Å². The third-order valence-electron chi connectivity index (χ3n) is 2.35. The van der Waals surface area contributed by atoms with Gasteiger partial charge in [0.1, 0.15) is 36.4 Å². The minimum Gasteiger partial charge on any atom is -0.337 e. The van der Waals surface area contributed by atoms with Gasteiger partial charge < -0.3 is 4.74 Å². The van der Waals surface area contributed by atoms with E-state index in [4.69, 9.17) is 46.8 Å². The van der Waals surface area contributed by atoms with Gasteiger partial charge in [0.2, 0.25) is 0 Å². The summed E-state index contributed by atoms with van der Waals surface area (Å²) in [5, 5.41) is 70.8. The average Bonchev–Trinajstić information content (AvgIpc) is 2.55. The molecule has 9 nitrogen and oxygen atoms in total. The summed E-state index contributed by atoms with van der Waals surface area (Å²) in [5.41, 5.74) is -5.12. The van der Waals surface area contributed by atoms with Gasteiger partial charge in [0.05, 0.1) is 12.1 Å². The van der Waals surface area contributed by atoms with Crippen LogP contribution in [0.5, 0.6) is 0 Å². The number of nitriles is 8. The van der Waals surface area contributed by atoms with Crippen LogP contribution in [0.1, 0.15) is 0 Å². The van der Waals surface area contributed by atoms with E-state index in [1.54, 1.807) is 0 Å². The van der Waals surface area contributed by atoms with Gasteiger partial charge in [-0.3, -0.25) is 0 Å². The van der Waals surface area contributed by atoms with Crippen molar-refractivity contribution in [3.8, 4) is 48.6 Å². The SMILES string of the molecule is N#CC(OC(C#N)C(C#N)(C#N)C#N)C(C#N)(C#N)C#N. The highest BCUT2D eigenvalue weighted by Gasteiger charge is 2.49. The molecule has 0 fully saturated rings. The Bertz CT molecular complexity index is 620. The van der Waals surface area contributed by atoms with Crippen LogP contribution < -0.4 is 0 Å². The molecule has 0 spiro atoms. The second-order valence-electron chi connectivity index (χ2n) is 3.44. The molecule has 9 heteroatoms. The first kappa shape index (κ1) is 16.9. The van der Waals surface area contributed by atoms with Crippen molar-refractivity contribution < 1.29 is 4.74 Å². The second-order valence-corrected chi connectivity index (χ2v) is 3.44. The number of rotatable bonds is 4. The minimum absolute atomic E-state index is 1.27. The van der Waals surface area contributed by atoms with Gasteiger partial charge in [-0.25, -0.2) is 0 Å². The van der Waals surface area contributed by atoms with Crippen molar-refractivity contribution in [3.63, 3.8) is 0 Å². The third kappa shape index (κ3) is 2.67. The largest absolute Gasteiger partial charge is 0.337 e. The standard InChI is InChI=1S/C12H2N8O/c13-1-9(11(3-15,4-16)5-17)21-10(2-14)12(6-18,7-19)8-20/h9-10H. The lowest BCUT2D eigenvalue weighted by Crippen LogP contribution is -2.41. The first-order valence-corrected chi connectivity index (χ1v) is 4.91. The van der Waals surface area contributed by atoms with Crippen LogP contribution in [-0.2, 0) is 4.74 Å². The molecule has 0 N–H and O–H groups in total. The van der Waals surface area contributed by atoms with Crippen molar-refractivity contribution in [2.24, 2.45) is 10.8 Å². The van der Waals surface area contributed by atoms with E-state index < -0.39 is 23.0 Å². The Labute approximate surface area is 119 Å². The van der Waals surface area contributed by atoms with Crippen LogP contribution in [-0.4, -0.2) is 12.2 Å². The van der Waals surface area contributed by atoms with Gasteiger partial charge in [-0.1, -0.05) is 0 Å². The monoisotopic (exact) mass is 274 g/mol. The smallest absolute Gasteiger partial charge is 0.267 e. The molecule has 0 aromatic carbocycles. The summed E-state index contributed by atoms with van der Waals surface area (Å²) < 4.78 is 4.77. The Morgan fingerprint density at radius 3 is 0.905 bits per heavy atom. The highest BCUT2D eigenvalue weighted by molar-refractivity contribution is 5.35. The quantitative estimate of drug-likeness (QED) is 0.670. The van der Waals surface area contributed by atoms with E-state index in [1.165, 1.54) is 48.6 Å². The van der Waals surface area contributed by atoms with Gasteiger partial charge in [0.15, 0.2) is 12.2 Å². The van der Waals surface area contributed by atoms with E-state index in [1.807, 2.05) is 0 Å². The number of hydrogen-bond donors (Lipinski definition) is 0. The summed E-state index contributed by atoms with van der Waals surface area (Å²) in [6, 6.07) is 10.3. The zero-order valence-corrected chi connectivity index (χ0v) is 10.1. The molecule has 0 rings (SSSR count). The zero-order chi connectivity index (χ0) is 16.5. The molecule has 2 unspecified atom stereocenters. The molecule has 0 aliphatic heterocycles. The van der Waals surface area contributed by atoms with Gasteiger partial charge in [0, 0.05) is 0 Å². The van der Waals surface area contributed by atoms with Crippen LogP contribution >= 0.6 is 0 Å². The van der Waals surface area contributed by atoms with Crippen LogP contribution in [0.15, 0.2) is 0 Å². The Morgan fingerprint density at radius 1 is 0.524 bits per heavy atom. The summed E-state index contributed by atoms with van der Waals surface area (Å²) in [6.07, 6.45) is -4.09. The predicted molar refractivity (Wildman–Crippen MR) is 58.4 cm³/mol. The van der Waals surface area contributed by atoms with Crippen molar-refractivity contribution in [2.75, 3.05) is 0 Å². The van der Waals surface area contributed by atoms with Crippen molar-refractivity contribution in [1.29, 1.82) is 42.1 Å². The Kier molecular flexibility index (Phi) is 5.40. The van der Waals surface area contributed by atoms with Crippen molar-refractivity contribution >= 4 is 0 Å². The van der Waals surface area contributed by atoms with Crippen LogP contribution in [0.3, 0.4) is 0 Å². The molecule has 0 radical (unpaired) electrons. The maximum Gasteiger partial charge on any atom is 0.267 e. The Hall–Kier alpha value is -4.12. The van der Waals surface area contributed by atoms with Gasteiger partial charge in [-0.15, -0.1) is 0 Å². The summed E-state index contributed by atoms with van der Waals surface area (Å²) in [6.45, 7) is 0. The summed E-state index contributed by atoms with van der Waals surface area (Å²) in [5.74, 6) is 0. The fourth-order valence-electron chi connectivity index (χ4n) is 1.10. The molecule has 0 aromatic heterocycles. The topological polar surface area (TPSA) is 200 Å². The summed E-state index contributed by atoms with van der Waals surface area (Å²) in [7, 11) is 0. The molecule has 96 valence electrons. The second kappa shape index (κ2) is 6.72. The van der Waals surface area contributed by atoms with Gasteiger partial charge in [-0.05, 0) is 0 Å². The molecule has 0 heterocycles. The van der Waals surface area contributed by atoms with Crippen LogP contribution in [0.2, 0.25) is 0 Å². The molecule has 0 amide bonds. The van der Waals surface area contributed by atoms with Gasteiger partial charge >= 0.3 is 0 Å². The number of nitrogens with zero attached hydrogens (tertiary/aromatic N) is 8. The van der Waals surface area contributed by atoms with Crippen molar-refractivity contribution in [3.05, 3.63) is 0 Å². The lowest BCUT2D eigenvalue weighted by atomic mass is 9.84. The third-order valence-corrected chi connectivity index (χ3v) is 2.35. The van der Waals surface area contributed by atoms with Gasteiger partial charge in [0.25, 0.3) is 10.8 Å². The van der Waals surface area contributed by atoms with E-state index in [0.717, 1.165) is 0 Å². The van der Waals surface area contributed by atoms with E-state index >= 15 is 0 Å². The summed E-state index contributed by atoms with van der Waals surface area (Å²) >= 11 is 0. The van der Waals surface area contributed by atoms with E-state index in [9.17, 15) is 0 Å². The molecule has 0 saturated carbocycles. The molecule has 0 saturated heterocycles. The average molecular weight is 274 g/mol. The van der Waals surface area contributed by atoms with E-state index in [0.29, 0.717) is 0 Å². The highest BCUT2D eigenvalue weighted by atomic mass is 16.5. The lowest BCUT2D eigenvalue weighted by Gasteiger charge is -2.23. The Balaban J connectivity index is 5.88. The van der Waals surface area contributed by atoms with E-state index in [-0.39, 0.29) is 0 Å². The molecule has 0 aromatic rings. The molecule has 2 atom stereocenters. The van der Waals surface area contributed by atoms with E-state index in [2.05, 4.69) is 0 Å². The van der Waals surface area contributed by atoms with Crippen LogP contribution in [0.4, 0.5) is 0 Å². The maximum atomic E-state index is 8.90. The molecular weight excluding hydrogens is 272 g/mol. The number of ether oxygens (including phenoxy) is 1. The highest BCUT2D eigenvalue weighted by Crippen LogP contribution is 2.29. The van der Waals surface area contributed by atoms with Crippen LogP contribution in [0, 0.1) is 101 Å². The lowest BCUT2D eigenvalue weighted by molar-refractivity contribution is 0.00103. The minimum atomic E-state index is -2.56.